The van der Waals surface area contributed by atoms with Gasteiger partial charge in [-0.1, -0.05) is 48.5 Å². The highest BCUT2D eigenvalue weighted by Crippen LogP contribution is 2.18. The highest BCUT2D eigenvalue weighted by molar-refractivity contribution is 5.92. The highest BCUT2D eigenvalue weighted by Gasteiger charge is 2.12. The Balaban J connectivity index is 1.99. The molecule has 0 unspecified atom stereocenters. The van der Waals surface area contributed by atoms with Crippen LogP contribution in [0.25, 0.3) is 23.5 Å². The van der Waals surface area contributed by atoms with E-state index in [1.54, 1.807) is 36.4 Å². The van der Waals surface area contributed by atoms with Crippen molar-refractivity contribution < 1.29 is 9.90 Å². The lowest BCUT2D eigenvalue weighted by atomic mass is 10.1. The maximum absolute atomic E-state index is 11.4. The van der Waals surface area contributed by atoms with Gasteiger partial charge in [0.25, 0.3) is 0 Å². The lowest BCUT2D eigenvalue weighted by Gasteiger charge is -2.04. The van der Waals surface area contributed by atoms with E-state index in [0.29, 0.717) is 17.1 Å². The molecule has 120 valence electrons. The maximum Gasteiger partial charge on any atom is 0.339 e. The van der Waals surface area contributed by atoms with Crippen molar-refractivity contribution in [3.05, 3.63) is 83.2 Å². The minimum absolute atomic E-state index is 0.0320. The molecule has 3 rings (SSSR count). The molecule has 0 fully saturated rings. The zero-order valence-electron chi connectivity index (χ0n) is 13.1. The Bertz CT molecular complexity index is 972. The molecule has 0 aliphatic heterocycles. The summed E-state index contributed by atoms with van der Waals surface area (Å²) in [5, 5.41) is 18.2. The number of carboxylic acid groups (broad SMARTS) is 1. The van der Waals surface area contributed by atoms with Gasteiger partial charge in [-0.15, -0.1) is 0 Å². The average molecular weight is 327 g/mol. The maximum atomic E-state index is 11.4. The molecular weight excluding hydrogens is 314 g/mol. The third-order valence-corrected chi connectivity index (χ3v) is 3.55. The third kappa shape index (κ3) is 3.77. The SMILES string of the molecule is N#Cc1ccc(C=Cc2nc(-c3ccccc3)ncc2C(=O)O)cc1. The minimum atomic E-state index is -1.08. The van der Waals surface area contributed by atoms with Crippen LogP contribution in [0.3, 0.4) is 0 Å². The molecule has 0 atom stereocenters. The number of carboxylic acids is 1. The zero-order valence-corrected chi connectivity index (χ0v) is 13.1. The second-order valence-corrected chi connectivity index (χ2v) is 5.23. The van der Waals surface area contributed by atoms with Crippen LogP contribution in [0.1, 0.15) is 27.2 Å². The number of carbonyl (C=O) groups is 1. The van der Waals surface area contributed by atoms with Crippen molar-refractivity contribution in [2.24, 2.45) is 0 Å². The van der Waals surface area contributed by atoms with Crippen LogP contribution in [0.2, 0.25) is 0 Å². The summed E-state index contributed by atoms with van der Waals surface area (Å²) in [7, 11) is 0. The van der Waals surface area contributed by atoms with Gasteiger partial charge in [0.1, 0.15) is 5.56 Å². The lowest BCUT2D eigenvalue weighted by molar-refractivity contribution is 0.0695. The summed E-state index contributed by atoms with van der Waals surface area (Å²) in [4.78, 5) is 19.9. The number of benzene rings is 2. The number of hydrogen-bond acceptors (Lipinski definition) is 4. The van der Waals surface area contributed by atoms with Crippen LogP contribution >= 0.6 is 0 Å². The second kappa shape index (κ2) is 7.20. The zero-order chi connectivity index (χ0) is 17.6. The number of nitrogens with zero attached hydrogens (tertiary/aromatic N) is 3. The topological polar surface area (TPSA) is 86.9 Å². The van der Waals surface area contributed by atoms with E-state index >= 15 is 0 Å². The Hall–Kier alpha value is -3.78. The normalized spacial score (nSPS) is 10.5. The highest BCUT2D eigenvalue weighted by atomic mass is 16.4. The number of nitriles is 1. The smallest absolute Gasteiger partial charge is 0.339 e. The van der Waals surface area contributed by atoms with Gasteiger partial charge in [-0.2, -0.15) is 5.26 Å². The lowest BCUT2D eigenvalue weighted by Crippen LogP contribution is -2.04. The van der Waals surface area contributed by atoms with Crippen LogP contribution in [0.5, 0.6) is 0 Å². The predicted octanol–water partition coefficient (Wildman–Crippen LogP) is 3.88. The van der Waals surface area contributed by atoms with Crippen molar-refractivity contribution in [3.8, 4) is 17.5 Å². The van der Waals surface area contributed by atoms with E-state index in [1.165, 1.54) is 6.20 Å². The number of rotatable bonds is 4. The summed E-state index contributed by atoms with van der Waals surface area (Å²) in [6, 6.07) is 18.4. The molecule has 0 saturated carbocycles. The Kier molecular flexibility index (Phi) is 4.63. The molecule has 5 nitrogen and oxygen atoms in total. The van der Waals surface area contributed by atoms with Gasteiger partial charge in [-0.25, -0.2) is 14.8 Å². The van der Waals surface area contributed by atoms with E-state index in [-0.39, 0.29) is 5.56 Å². The number of hydrogen-bond donors (Lipinski definition) is 1. The van der Waals surface area contributed by atoms with Crippen LogP contribution in [-0.4, -0.2) is 21.0 Å². The fraction of sp³-hybridized carbons (Fsp3) is 0. The molecule has 1 aromatic heterocycles. The molecular formula is C20H13N3O2. The van der Waals surface area contributed by atoms with Gasteiger partial charge in [0.05, 0.1) is 17.3 Å². The monoisotopic (exact) mass is 327 g/mol. The van der Waals surface area contributed by atoms with E-state index in [4.69, 9.17) is 5.26 Å². The van der Waals surface area contributed by atoms with E-state index in [0.717, 1.165) is 11.1 Å². The molecule has 0 bridgehead atoms. The fourth-order valence-corrected chi connectivity index (χ4v) is 2.26. The molecule has 2 aromatic carbocycles. The Morgan fingerprint density at radius 3 is 2.40 bits per heavy atom. The standard InChI is InChI=1S/C20H13N3O2/c21-12-15-8-6-14(7-9-15)10-11-18-17(20(24)25)13-22-19(23-18)16-4-2-1-3-5-16/h1-11,13H,(H,24,25). The molecule has 1 heterocycles. The van der Waals surface area contributed by atoms with Gasteiger partial charge < -0.3 is 5.11 Å². The summed E-state index contributed by atoms with van der Waals surface area (Å²) in [5.41, 5.74) is 2.58. The van der Waals surface area contributed by atoms with Gasteiger partial charge in [-0.05, 0) is 23.8 Å². The molecule has 0 radical (unpaired) electrons. The quantitative estimate of drug-likeness (QED) is 0.785. The second-order valence-electron chi connectivity index (χ2n) is 5.23. The Morgan fingerprint density at radius 2 is 1.76 bits per heavy atom. The van der Waals surface area contributed by atoms with E-state index < -0.39 is 5.97 Å². The molecule has 5 heteroatoms. The van der Waals surface area contributed by atoms with Crippen molar-refractivity contribution in [2.45, 2.75) is 0 Å². The average Bonchev–Trinajstić information content (AvgIpc) is 2.67. The van der Waals surface area contributed by atoms with Gasteiger partial charge in [0.2, 0.25) is 0 Å². The van der Waals surface area contributed by atoms with Crippen LogP contribution < -0.4 is 0 Å². The van der Waals surface area contributed by atoms with Gasteiger partial charge in [0, 0.05) is 11.8 Å². The van der Waals surface area contributed by atoms with Crippen molar-refractivity contribution in [1.82, 2.24) is 9.97 Å². The Labute approximate surface area is 144 Å². The van der Waals surface area contributed by atoms with Crippen LogP contribution in [-0.2, 0) is 0 Å². The summed E-state index contributed by atoms with van der Waals surface area (Å²) in [5.74, 6) is -0.621. The Morgan fingerprint density at radius 1 is 1.04 bits per heavy atom. The van der Waals surface area contributed by atoms with Gasteiger partial charge in [0.15, 0.2) is 5.82 Å². The van der Waals surface area contributed by atoms with E-state index in [9.17, 15) is 9.90 Å². The molecule has 25 heavy (non-hydrogen) atoms. The third-order valence-electron chi connectivity index (χ3n) is 3.55. The summed E-state index contributed by atoms with van der Waals surface area (Å²) in [6.07, 6.45) is 4.71. The molecule has 0 aliphatic rings. The van der Waals surface area contributed by atoms with Crippen molar-refractivity contribution >= 4 is 18.1 Å². The first-order chi connectivity index (χ1) is 12.2. The molecule has 1 N–H and O–H groups in total. The first-order valence-electron chi connectivity index (χ1n) is 7.51. The van der Waals surface area contributed by atoms with Crippen LogP contribution in [0.15, 0.2) is 60.8 Å². The molecule has 0 saturated heterocycles. The van der Waals surface area contributed by atoms with Gasteiger partial charge in [-0.3, -0.25) is 0 Å². The largest absolute Gasteiger partial charge is 0.478 e. The van der Waals surface area contributed by atoms with E-state index in [2.05, 4.69) is 16.0 Å². The van der Waals surface area contributed by atoms with Crippen LogP contribution in [0, 0.1) is 11.3 Å². The first kappa shape index (κ1) is 16.1. The predicted molar refractivity (Wildman–Crippen MR) is 94.5 cm³/mol. The van der Waals surface area contributed by atoms with Crippen molar-refractivity contribution in [3.63, 3.8) is 0 Å². The summed E-state index contributed by atoms with van der Waals surface area (Å²) < 4.78 is 0. The van der Waals surface area contributed by atoms with Crippen molar-refractivity contribution in [1.29, 1.82) is 5.26 Å². The van der Waals surface area contributed by atoms with E-state index in [1.807, 2.05) is 30.3 Å². The fourth-order valence-electron chi connectivity index (χ4n) is 2.26. The number of aromatic carboxylic acids is 1. The van der Waals surface area contributed by atoms with Gasteiger partial charge >= 0.3 is 5.97 Å². The van der Waals surface area contributed by atoms with Crippen molar-refractivity contribution in [2.75, 3.05) is 0 Å². The molecule has 0 aliphatic carbocycles. The molecule has 0 spiro atoms. The van der Waals surface area contributed by atoms with Crippen LogP contribution in [0.4, 0.5) is 0 Å². The first-order valence-corrected chi connectivity index (χ1v) is 7.51. The molecule has 3 aromatic rings. The summed E-state index contributed by atoms with van der Waals surface area (Å²) >= 11 is 0. The molecule has 0 amide bonds. The number of aromatic nitrogens is 2. The summed E-state index contributed by atoms with van der Waals surface area (Å²) in [6.45, 7) is 0. The minimum Gasteiger partial charge on any atom is -0.478 e.